The largest absolute Gasteiger partial charge is 0.395 e. The van der Waals surface area contributed by atoms with E-state index in [-0.39, 0.29) is 25.0 Å². The molecule has 0 unspecified atom stereocenters. The Morgan fingerprint density at radius 2 is 1.73 bits per heavy atom. The highest BCUT2D eigenvalue weighted by Crippen LogP contribution is 2.29. The average molecular weight is 422 g/mol. The number of aliphatic hydroxyl groups is 1. The van der Waals surface area contributed by atoms with Crippen LogP contribution >= 0.6 is 11.3 Å². The van der Waals surface area contributed by atoms with Crippen LogP contribution in [0.3, 0.4) is 0 Å². The first-order valence-corrected chi connectivity index (χ1v) is 10.4. The number of hydrogen-bond acceptors (Lipinski definition) is 5. The van der Waals surface area contributed by atoms with Crippen LogP contribution in [0.15, 0.2) is 72.1 Å². The number of carbonyl (C=O) groups excluding carboxylic acids is 2. The standard InChI is InChI=1S/C23H23N3O3S/c1-18(28)26(21-10-6-3-7-11-21)23-24-20(17-30-23)12-13-22(29)25(14-15-27)16-19-8-4-2-5-9-19/h2-13,17,27H,14-16H2,1H3/b13-12+. The molecule has 0 fully saturated rings. The minimum absolute atomic E-state index is 0.113. The van der Waals surface area contributed by atoms with E-state index >= 15 is 0 Å². The van der Waals surface area contributed by atoms with E-state index in [0.29, 0.717) is 17.4 Å². The number of hydrogen-bond donors (Lipinski definition) is 1. The zero-order chi connectivity index (χ0) is 21.3. The molecule has 3 rings (SSSR count). The van der Waals surface area contributed by atoms with Crippen molar-refractivity contribution in [2.45, 2.75) is 13.5 Å². The topological polar surface area (TPSA) is 73.7 Å². The molecule has 30 heavy (non-hydrogen) atoms. The molecule has 0 radical (unpaired) electrons. The van der Waals surface area contributed by atoms with Crippen LogP contribution in [0.5, 0.6) is 0 Å². The predicted octanol–water partition coefficient (Wildman–Crippen LogP) is 3.86. The van der Waals surface area contributed by atoms with Gasteiger partial charge in [-0.1, -0.05) is 48.5 Å². The third-order valence-corrected chi connectivity index (χ3v) is 5.17. The van der Waals surface area contributed by atoms with E-state index < -0.39 is 0 Å². The van der Waals surface area contributed by atoms with Crippen molar-refractivity contribution >= 4 is 40.0 Å². The van der Waals surface area contributed by atoms with E-state index in [1.54, 1.807) is 16.4 Å². The summed E-state index contributed by atoms with van der Waals surface area (Å²) in [5.74, 6) is -0.354. The summed E-state index contributed by atoms with van der Waals surface area (Å²) < 4.78 is 0. The molecule has 2 aromatic carbocycles. The molecule has 0 saturated heterocycles. The van der Waals surface area contributed by atoms with E-state index in [1.165, 1.54) is 29.2 Å². The lowest BCUT2D eigenvalue weighted by Crippen LogP contribution is -2.31. The Kier molecular flexibility index (Phi) is 7.48. The number of rotatable bonds is 8. The van der Waals surface area contributed by atoms with Gasteiger partial charge in [-0.2, -0.15) is 0 Å². The molecule has 0 aliphatic rings. The van der Waals surface area contributed by atoms with Crippen molar-refractivity contribution in [3.63, 3.8) is 0 Å². The highest BCUT2D eigenvalue weighted by atomic mass is 32.1. The Morgan fingerprint density at radius 3 is 2.37 bits per heavy atom. The number of thiazole rings is 1. The van der Waals surface area contributed by atoms with E-state index in [4.69, 9.17) is 0 Å². The molecule has 6 nitrogen and oxygen atoms in total. The van der Waals surface area contributed by atoms with Gasteiger partial charge >= 0.3 is 0 Å². The van der Waals surface area contributed by atoms with E-state index in [1.807, 2.05) is 60.7 Å². The highest BCUT2D eigenvalue weighted by molar-refractivity contribution is 7.14. The molecule has 7 heteroatoms. The van der Waals surface area contributed by atoms with Crippen molar-refractivity contribution in [2.75, 3.05) is 18.1 Å². The molecule has 0 aliphatic carbocycles. The first-order valence-electron chi connectivity index (χ1n) is 9.51. The Bertz CT molecular complexity index is 1000. The molecule has 0 spiro atoms. The molecule has 1 N–H and O–H groups in total. The van der Waals surface area contributed by atoms with E-state index in [0.717, 1.165) is 11.3 Å². The molecule has 0 bridgehead atoms. The number of anilines is 2. The van der Waals surface area contributed by atoms with Gasteiger partial charge in [0.15, 0.2) is 5.13 Å². The van der Waals surface area contributed by atoms with Crippen LogP contribution in [0.2, 0.25) is 0 Å². The lowest BCUT2D eigenvalue weighted by molar-refractivity contribution is -0.127. The maximum Gasteiger partial charge on any atom is 0.247 e. The van der Waals surface area contributed by atoms with Crippen molar-refractivity contribution in [3.8, 4) is 0 Å². The van der Waals surface area contributed by atoms with Gasteiger partial charge in [0.2, 0.25) is 11.8 Å². The molecule has 0 aliphatic heterocycles. The summed E-state index contributed by atoms with van der Waals surface area (Å²) in [7, 11) is 0. The Balaban J connectivity index is 1.73. The van der Waals surface area contributed by atoms with Gasteiger partial charge in [-0.3, -0.25) is 14.5 Å². The smallest absolute Gasteiger partial charge is 0.247 e. The average Bonchev–Trinajstić information content (AvgIpc) is 3.21. The fourth-order valence-corrected chi connectivity index (χ4v) is 3.77. The van der Waals surface area contributed by atoms with Gasteiger partial charge in [-0.05, 0) is 23.8 Å². The second-order valence-corrected chi connectivity index (χ2v) is 7.38. The van der Waals surface area contributed by atoms with Crippen LogP contribution in [-0.4, -0.2) is 40.0 Å². The summed E-state index contributed by atoms with van der Waals surface area (Å²) in [6.45, 7) is 2.03. The number of para-hydroxylation sites is 1. The minimum atomic E-state index is -0.214. The van der Waals surface area contributed by atoms with Crippen LogP contribution in [0.25, 0.3) is 6.08 Å². The monoisotopic (exact) mass is 421 g/mol. The van der Waals surface area contributed by atoms with Gasteiger partial charge < -0.3 is 10.0 Å². The number of nitrogens with zero attached hydrogens (tertiary/aromatic N) is 3. The second-order valence-electron chi connectivity index (χ2n) is 6.55. The molecule has 154 valence electrons. The van der Waals surface area contributed by atoms with Crippen molar-refractivity contribution in [1.29, 1.82) is 0 Å². The van der Waals surface area contributed by atoms with Gasteiger partial charge in [0.05, 0.1) is 18.0 Å². The first-order chi connectivity index (χ1) is 14.6. The Labute approximate surface area is 179 Å². The van der Waals surface area contributed by atoms with Gasteiger partial charge in [0.1, 0.15) is 0 Å². The molecule has 3 aromatic rings. The number of amides is 2. The lowest BCUT2D eigenvalue weighted by Gasteiger charge is -2.20. The van der Waals surface area contributed by atoms with E-state index in [2.05, 4.69) is 4.98 Å². The van der Waals surface area contributed by atoms with Crippen LogP contribution < -0.4 is 4.90 Å². The van der Waals surface area contributed by atoms with E-state index in [9.17, 15) is 14.7 Å². The third-order valence-electron chi connectivity index (χ3n) is 4.32. The highest BCUT2D eigenvalue weighted by Gasteiger charge is 2.17. The number of benzene rings is 2. The van der Waals surface area contributed by atoms with Crippen LogP contribution in [0.4, 0.5) is 10.8 Å². The fraction of sp³-hybridized carbons (Fsp3) is 0.174. The third kappa shape index (κ3) is 5.62. The maximum atomic E-state index is 12.6. The normalized spacial score (nSPS) is 10.9. The Morgan fingerprint density at radius 1 is 1.07 bits per heavy atom. The summed E-state index contributed by atoms with van der Waals surface area (Å²) in [4.78, 5) is 32.4. The molecule has 2 amide bonds. The van der Waals surface area contributed by atoms with Gasteiger partial charge in [-0.25, -0.2) is 4.98 Å². The molecule has 1 aromatic heterocycles. The molecule has 0 atom stereocenters. The number of aromatic nitrogens is 1. The molecule has 1 heterocycles. The summed E-state index contributed by atoms with van der Waals surface area (Å²) in [5.41, 5.74) is 2.32. The summed E-state index contributed by atoms with van der Waals surface area (Å²) >= 11 is 1.33. The van der Waals surface area contributed by atoms with Gasteiger partial charge in [-0.15, -0.1) is 11.3 Å². The zero-order valence-electron chi connectivity index (χ0n) is 16.6. The van der Waals surface area contributed by atoms with Crippen LogP contribution in [0.1, 0.15) is 18.2 Å². The van der Waals surface area contributed by atoms with Gasteiger partial charge in [0.25, 0.3) is 0 Å². The fourth-order valence-electron chi connectivity index (χ4n) is 2.91. The van der Waals surface area contributed by atoms with Crippen molar-refractivity contribution < 1.29 is 14.7 Å². The van der Waals surface area contributed by atoms with Crippen molar-refractivity contribution in [1.82, 2.24) is 9.88 Å². The number of aliphatic hydroxyl groups excluding tert-OH is 1. The predicted molar refractivity (Wildman–Crippen MR) is 119 cm³/mol. The quantitative estimate of drug-likeness (QED) is 0.561. The lowest BCUT2D eigenvalue weighted by atomic mass is 10.2. The molecular formula is C23H23N3O3S. The van der Waals surface area contributed by atoms with Gasteiger partial charge in [0, 0.05) is 31.5 Å². The summed E-state index contributed by atoms with van der Waals surface area (Å²) in [5, 5.41) is 11.6. The maximum absolute atomic E-state index is 12.6. The number of carbonyl (C=O) groups is 2. The minimum Gasteiger partial charge on any atom is -0.395 e. The van der Waals surface area contributed by atoms with Crippen LogP contribution in [-0.2, 0) is 16.1 Å². The van der Waals surface area contributed by atoms with Crippen LogP contribution in [0, 0.1) is 0 Å². The molecule has 0 saturated carbocycles. The summed E-state index contributed by atoms with van der Waals surface area (Å²) in [6.07, 6.45) is 3.07. The zero-order valence-corrected chi connectivity index (χ0v) is 17.5. The van der Waals surface area contributed by atoms with Crippen molar-refractivity contribution in [3.05, 3.63) is 83.4 Å². The first kappa shape index (κ1) is 21.4. The SMILES string of the molecule is CC(=O)N(c1ccccc1)c1nc(/C=C/C(=O)N(CCO)Cc2ccccc2)cs1. The summed E-state index contributed by atoms with van der Waals surface area (Å²) in [6, 6.07) is 18.9. The molecular weight excluding hydrogens is 398 g/mol. The van der Waals surface area contributed by atoms with Crippen molar-refractivity contribution in [2.24, 2.45) is 0 Å². The Hall–Kier alpha value is -3.29. The second kappa shape index (κ2) is 10.5.